The Morgan fingerprint density at radius 3 is 2.42 bits per heavy atom. The predicted molar refractivity (Wildman–Crippen MR) is 91.4 cm³/mol. The average molecular weight is 352 g/mol. The average Bonchev–Trinajstić information content (AvgIpc) is 2.60. The Hall–Kier alpha value is -2.16. The minimum atomic E-state index is -0.486. The van der Waals surface area contributed by atoms with Gasteiger partial charge >= 0.3 is 11.7 Å². The van der Waals surface area contributed by atoms with Crippen molar-refractivity contribution in [2.75, 3.05) is 7.11 Å². The van der Waals surface area contributed by atoms with Gasteiger partial charge in [0.05, 0.1) is 7.11 Å². The van der Waals surface area contributed by atoms with Gasteiger partial charge in [-0.1, -0.05) is 25.6 Å². The lowest BCUT2D eigenvalue weighted by Crippen LogP contribution is -2.38. The molecule has 0 aliphatic heterocycles. The topological polar surface area (TPSA) is 96.1 Å². The van der Waals surface area contributed by atoms with Gasteiger partial charge in [0.15, 0.2) is 5.65 Å². The molecule has 24 heavy (non-hydrogen) atoms. The van der Waals surface area contributed by atoms with Crippen LogP contribution in [0.4, 0.5) is 0 Å². The number of esters is 1. The number of nitrogens with zero attached hydrogens (tertiary/aromatic N) is 4. The molecule has 2 heterocycles. The van der Waals surface area contributed by atoms with Crippen molar-refractivity contribution in [1.82, 2.24) is 19.1 Å². The van der Waals surface area contributed by atoms with Crippen molar-refractivity contribution in [2.24, 2.45) is 14.1 Å². The lowest BCUT2D eigenvalue weighted by Gasteiger charge is -2.15. The first kappa shape index (κ1) is 18.2. The van der Waals surface area contributed by atoms with E-state index in [1.54, 1.807) is 7.05 Å². The first-order chi connectivity index (χ1) is 11.3. The van der Waals surface area contributed by atoms with Crippen LogP contribution in [-0.4, -0.2) is 37.4 Å². The van der Waals surface area contributed by atoms with Crippen LogP contribution in [-0.2, 0) is 30.0 Å². The standard InChI is InChI=1S/C15H20N4O4S/c1-6-8(14(21)23-5)24-12-10-11(16-9(7-2)17-12)18(3)15(22)19(4)13(10)20/h8H,6-7H2,1-5H3/t8-/m0/s1. The normalized spacial score (nSPS) is 12.4. The Balaban J connectivity index is 2.79. The molecule has 0 unspecified atom stereocenters. The van der Waals surface area contributed by atoms with Gasteiger partial charge in [-0.3, -0.25) is 18.7 Å². The number of aryl methyl sites for hydroxylation is 2. The fourth-order valence-corrected chi connectivity index (χ4v) is 3.36. The zero-order chi connectivity index (χ0) is 18.0. The van der Waals surface area contributed by atoms with Crippen molar-refractivity contribution >= 4 is 28.8 Å². The summed E-state index contributed by atoms with van der Waals surface area (Å²) < 4.78 is 7.13. The number of carbonyl (C=O) groups is 1. The van der Waals surface area contributed by atoms with E-state index >= 15 is 0 Å². The summed E-state index contributed by atoms with van der Waals surface area (Å²) >= 11 is 1.16. The Morgan fingerprint density at radius 1 is 1.21 bits per heavy atom. The van der Waals surface area contributed by atoms with Crippen LogP contribution in [0.15, 0.2) is 14.6 Å². The molecule has 0 N–H and O–H groups in total. The second-order valence-corrected chi connectivity index (χ2v) is 6.43. The lowest BCUT2D eigenvalue weighted by atomic mass is 10.3. The number of ether oxygens (including phenoxy) is 1. The third-order valence-corrected chi connectivity index (χ3v) is 5.05. The Kier molecular flexibility index (Phi) is 5.43. The quantitative estimate of drug-likeness (QED) is 0.442. The number of hydrogen-bond donors (Lipinski definition) is 0. The van der Waals surface area contributed by atoms with Gasteiger partial charge in [0, 0.05) is 20.5 Å². The van der Waals surface area contributed by atoms with Crippen LogP contribution >= 0.6 is 11.8 Å². The summed E-state index contributed by atoms with van der Waals surface area (Å²) in [6, 6.07) is 0. The van der Waals surface area contributed by atoms with Crippen molar-refractivity contribution in [1.29, 1.82) is 0 Å². The first-order valence-corrected chi connectivity index (χ1v) is 8.44. The number of fused-ring (bicyclic) bond motifs is 1. The Labute approximate surface area is 142 Å². The van der Waals surface area contributed by atoms with Gasteiger partial charge in [-0.2, -0.15) is 0 Å². The summed E-state index contributed by atoms with van der Waals surface area (Å²) in [5, 5.41) is 0.147. The number of thioether (sulfide) groups is 1. The fourth-order valence-electron chi connectivity index (χ4n) is 2.28. The van der Waals surface area contributed by atoms with E-state index in [4.69, 9.17) is 4.74 Å². The lowest BCUT2D eigenvalue weighted by molar-refractivity contribution is -0.140. The molecule has 0 saturated carbocycles. The van der Waals surface area contributed by atoms with E-state index in [-0.39, 0.29) is 17.0 Å². The summed E-state index contributed by atoms with van der Waals surface area (Å²) in [6.07, 6.45) is 1.07. The maximum atomic E-state index is 12.6. The van der Waals surface area contributed by atoms with Crippen molar-refractivity contribution in [3.05, 3.63) is 26.7 Å². The smallest absolute Gasteiger partial charge is 0.332 e. The molecule has 0 spiro atoms. The van der Waals surface area contributed by atoms with Crippen LogP contribution in [0.2, 0.25) is 0 Å². The van der Waals surface area contributed by atoms with E-state index in [0.717, 1.165) is 16.3 Å². The monoisotopic (exact) mass is 352 g/mol. The molecule has 0 fully saturated rings. The Morgan fingerprint density at radius 2 is 1.88 bits per heavy atom. The second-order valence-electron chi connectivity index (χ2n) is 5.24. The zero-order valence-corrected chi connectivity index (χ0v) is 15.1. The van der Waals surface area contributed by atoms with E-state index in [2.05, 4.69) is 9.97 Å². The third-order valence-electron chi connectivity index (χ3n) is 3.72. The minimum Gasteiger partial charge on any atom is -0.468 e. The molecular weight excluding hydrogens is 332 g/mol. The third kappa shape index (κ3) is 3.08. The van der Waals surface area contributed by atoms with Crippen LogP contribution in [0.3, 0.4) is 0 Å². The summed E-state index contributed by atoms with van der Waals surface area (Å²) in [4.78, 5) is 45.3. The second kappa shape index (κ2) is 7.16. The molecule has 2 aromatic rings. The highest BCUT2D eigenvalue weighted by molar-refractivity contribution is 8.00. The van der Waals surface area contributed by atoms with Gasteiger partial charge < -0.3 is 4.74 Å². The molecule has 0 radical (unpaired) electrons. The van der Waals surface area contributed by atoms with E-state index in [1.807, 2.05) is 13.8 Å². The van der Waals surface area contributed by atoms with Crippen molar-refractivity contribution in [3.8, 4) is 0 Å². The number of aromatic nitrogens is 4. The molecule has 9 heteroatoms. The molecule has 0 aliphatic rings. The highest BCUT2D eigenvalue weighted by Gasteiger charge is 2.24. The molecule has 0 saturated heterocycles. The predicted octanol–water partition coefficient (Wildman–Crippen LogP) is 0.633. The van der Waals surface area contributed by atoms with Gasteiger partial charge in [-0.15, -0.1) is 0 Å². The number of methoxy groups -OCH3 is 1. The van der Waals surface area contributed by atoms with Crippen LogP contribution in [0.5, 0.6) is 0 Å². The van der Waals surface area contributed by atoms with Crippen molar-refractivity contribution < 1.29 is 9.53 Å². The fraction of sp³-hybridized carbons (Fsp3) is 0.533. The largest absolute Gasteiger partial charge is 0.468 e. The zero-order valence-electron chi connectivity index (χ0n) is 14.3. The molecule has 0 aromatic carbocycles. The number of carbonyl (C=O) groups excluding carboxylic acids is 1. The molecular formula is C15H20N4O4S. The molecule has 2 aromatic heterocycles. The van der Waals surface area contributed by atoms with E-state index in [0.29, 0.717) is 23.7 Å². The van der Waals surface area contributed by atoms with Crippen molar-refractivity contribution in [3.63, 3.8) is 0 Å². The molecule has 1 atom stereocenters. The molecule has 0 aliphatic carbocycles. The first-order valence-electron chi connectivity index (χ1n) is 7.56. The SMILES string of the molecule is CCc1nc(S[C@@H](CC)C(=O)OC)c2c(=O)n(C)c(=O)n(C)c2n1. The van der Waals surface area contributed by atoms with E-state index in [1.165, 1.54) is 18.7 Å². The molecule has 0 bridgehead atoms. The summed E-state index contributed by atoms with van der Waals surface area (Å²) in [5.74, 6) is 0.127. The molecule has 130 valence electrons. The highest BCUT2D eigenvalue weighted by Crippen LogP contribution is 2.28. The van der Waals surface area contributed by atoms with E-state index < -0.39 is 16.5 Å². The van der Waals surface area contributed by atoms with Crippen LogP contribution < -0.4 is 11.2 Å². The summed E-state index contributed by atoms with van der Waals surface area (Å²) in [6.45, 7) is 3.74. The molecule has 2 rings (SSSR count). The van der Waals surface area contributed by atoms with Crippen LogP contribution in [0.1, 0.15) is 26.1 Å². The van der Waals surface area contributed by atoms with Gasteiger partial charge in [0.1, 0.15) is 21.5 Å². The van der Waals surface area contributed by atoms with Gasteiger partial charge in [-0.25, -0.2) is 14.8 Å². The summed E-state index contributed by atoms with van der Waals surface area (Å²) in [7, 11) is 4.29. The van der Waals surface area contributed by atoms with Crippen LogP contribution in [0.25, 0.3) is 11.0 Å². The van der Waals surface area contributed by atoms with Gasteiger partial charge in [0.2, 0.25) is 0 Å². The number of hydrogen-bond acceptors (Lipinski definition) is 7. The molecule has 8 nitrogen and oxygen atoms in total. The number of rotatable bonds is 5. The van der Waals surface area contributed by atoms with Gasteiger partial charge in [-0.05, 0) is 6.42 Å². The summed E-state index contributed by atoms with van der Waals surface area (Å²) in [5.41, 5.74) is -0.653. The van der Waals surface area contributed by atoms with E-state index in [9.17, 15) is 14.4 Å². The van der Waals surface area contributed by atoms with Gasteiger partial charge in [0.25, 0.3) is 5.56 Å². The minimum absolute atomic E-state index is 0.240. The van der Waals surface area contributed by atoms with Crippen LogP contribution in [0, 0.1) is 0 Å². The Bertz CT molecular complexity index is 903. The molecule has 0 amide bonds. The highest BCUT2D eigenvalue weighted by atomic mass is 32.2. The maximum absolute atomic E-state index is 12.6. The van der Waals surface area contributed by atoms with Crippen molar-refractivity contribution in [2.45, 2.75) is 37.0 Å². The maximum Gasteiger partial charge on any atom is 0.332 e.